The van der Waals surface area contributed by atoms with E-state index < -0.39 is 20.4 Å². The third kappa shape index (κ3) is 5.42. The van der Waals surface area contributed by atoms with Crippen molar-refractivity contribution in [1.82, 2.24) is 4.72 Å². The number of nitro groups is 1. The van der Waals surface area contributed by atoms with Gasteiger partial charge in [0.15, 0.2) is 0 Å². The highest BCUT2D eigenvalue weighted by atomic mass is 35.5. The van der Waals surface area contributed by atoms with Gasteiger partial charge in [-0.05, 0) is 23.6 Å². The van der Waals surface area contributed by atoms with E-state index in [1.165, 1.54) is 30.3 Å². The van der Waals surface area contributed by atoms with E-state index in [4.69, 9.17) is 11.6 Å². The zero-order valence-corrected chi connectivity index (χ0v) is 16.0. The first kappa shape index (κ1) is 20.2. The fourth-order valence-electron chi connectivity index (χ4n) is 2.13. The largest absolute Gasteiger partial charge is 0.383 e. The maximum absolute atomic E-state index is 12.3. The number of hydrogen-bond acceptors (Lipinski definition) is 5. The van der Waals surface area contributed by atoms with Crippen molar-refractivity contribution < 1.29 is 13.3 Å². The standard InChI is InChI=1S/C17H20ClN3O4S/c1-17(2,12-20-26(24,25)14-6-4-3-5-7-14)11-19-16-9-8-13(21(22)23)10-15(16)18/h3-10,19-20H,11-12H2,1-2H3. The van der Waals surface area contributed by atoms with E-state index in [1.807, 2.05) is 13.8 Å². The molecule has 2 aromatic carbocycles. The van der Waals surface area contributed by atoms with Crippen molar-refractivity contribution in [3.63, 3.8) is 0 Å². The van der Waals surface area contributed by atoms with Crippen LogP contribution in [0, 0.1) is 15.5 Å². The van der Waals surface area contributed by atoms with Gasteiger partial charge in [0.2, 0.25) is 10.0 Å². The van der Waals surface area contributed by atoms with Crippen molar-refractivity contribution in [3.05, 3.63) is 63.7 Å². The summed E-state index contributed by atoms with van der Waals surface area (Å²) >= 11 is 6.05. The van der Waals surface area contributed by atoms with Gasteiger partial charge in [-0.3, -0.25) is 10.1 Å². The summed E-state index contributed by atoms with van der Waals surface area (Å²) in [7, 11) is -3.58. The molecule has 0 amide bonds. The number of nitrogens with one attached hydrogen (secondary N) is 2. The van der Waals surface area contributed by atoms with E-state index in [-0.39, 0.29) is 22.2 Å². The van der Waals surface area contributed by atoms with Crippen LogP contribution in [0.4, 0.5) is 11.4 Å². The maximum Gasteiger partial charge on any atom is 0.271 e. The SMILES string of the molecule is CC(C)(CNc1ccc([N+](=O)[O-])cc1Cl)CNS(=O)(=O)c1ccccc1. The lowest BCUT2D eigenvalue weighted by Crippen LogP contribution is -2.38. The van der Waals surface area contributed by atoms with Crippen LogP contribution in [0.1, 0.15) is 13.8 Å². The molecule has 0 saturated heterocycles. The number of hydrogen-bond donors (Lipinski definition) is 2. The Morgan fingerprint density at radius 3 is 2.35 bits per heavy atom. The van der Waals surface area contributed by atoms with E-state index in [2.05, 4.69) is 10.0 Å². The molecule has 0 aliphatic carbocycles. The van der Waals surface area contributed by atoms with Gasteiger partial charge in [0.1, 0.15) is 0 Å². The Bertz CT molecular complexity index is 886. The van der Waals surface area contributed by atoms with E-state index in [0.717, 1.165) is 0 Å². The molecule has 0 fully saturated rings. The van der Waals surface area contributed by atoms with Crippen LogP contribution in [0.3, 0.4) is 0 Å². The lowest BCUT2D eigenvalue weighted by molar-refractivity contribution is -0.384. The van der Waals surface area contributed by atoms with Crippen LogP contribution in [0.5, 0.6) is 0 Å². The van der Waals surface area contributed by atoms with Gasteiger partial charge < -0.3 is 5.32 Å². The van der Waals surface area contributed by atoms with Crippen LogP contribution in [-0.4, -0.2) is 26.4 Å². The molecular formula is C17H20ClN3O4S. The van der Waals surface area contributed by atoms with Crippen molar-refractivity contribution in [1.29, 1.82) is 0 Å². The molecule has 0 bridgehead atoms. The molecule has 0 aliphatic rings. The normalized spacial score (nSPS) is 12.0. The third-order valence-electron chi connectivity index (χ3n) is 3.72. The molecule has 140 valence electrons. The third-order valence-corrected chi connectivity index (χ3v) is 5.44. The molecule has 0 spiro atoms. The van der Waals surface area contributed by atoms with E-state index in [0.29, 0.717) is 12.2 Å². The van der Waals surface area contributed by atoms with Gasteiger partial charge in [-0.2, -0.15) is 0 Å². The van der Waals surface area contributed by atoms with Gasteiger partial charge in [0.05, 0.1) is 20.5 Å². The first-order valence-corrected chi connectivity index (χ1v) is 9.69. The Morgan fingerprint density at radius 1 is 1.12 bits per heavy atom. The van der Waals surface area contributed by atoms with Crippen LogP contribution in [-0.2, 0) is 10.0 Å². The van der Waals surface area contributed by atoms with Crippen molar-refractivity contribution in [2.75, 3.05) is 18.4 Å². The molecule has 0 aromatic heterocycles. The molecular weight excluding hydrogens is 378 g/mol. The summed E-state index contributed by atoms with van der Waals surface area (Å²) in [5.41, 5.74) is 0.0409. The zero-order valence-electron chi connectivity index (χ0n) is 14.4. The minimum atomic E-state index is -3.58. The van der Waals surface area contributed by atoms with Crippen LogP contribution in [0.15, 0.2) is 53.4 Å². The van der Waals surface area contributed by atoms with Gasteiger partial charge in [-0.25, -0.2) is 13.1 Å². The summed E-state index contributed by atoms with van der Waals surface area (Å²) < 4.78 is 27.2. The van der Waals surface area contributed by atoms with Crippen LogP contribution in [0.2, 0.25) is 5.02 Å². The lowest BCUT2D eigenvalue weighted by Gasteiger charge is -2.26. The summed E-state index contributed by atoms with van der Waals surface area (Å²) in [5, 5.41) is 14.1. The molecule has 2 N–H and O–H groups in total. The predicted octanol–water partition coefficient (Wildman–Crippen LogP) is 3.66. The van der Waals surface area contributed by atoms with Crippen LogP contribution >= 0.6 is 11.6 Å². The molecule has 0 aliphatic heterocycles. The second-order valence-corrected chi connectivity index (χ2v) is 8.75. The number of rotatable bonds is 8. The van der Waals surface area contributed by atoms with E-state index >= 15 is 0 Å². The highest BCUT2D eigenvalue weighted by Crippen LogP contribution is 2.28. The maximum atomic E-state index is 12.3. The Kier molecular flexibility index (Phi) is 6.22. The van der Waals surface area contributed by atoms with Gasteiger partial charge in [0.25, 0.3) is 5.69 Å². The van der Waals surface area contributed by atoms with Crippen LogP contribution < -0.4 is 10.0 Å². The Balaban J connectivity index is 1.98. The summed E-state index contributed by atoms with van der Waals surface area (Å²) in [4.78, 5) is 10.4. The summed E-state index contributed by atoms with van der Waals surface area (Å²) in [6.07, 6.45) is 0. The fraction of sp³-hybridized carbons (Fsp3) is 0.294. The Morgan fingerprint density at radius 2 is 1.77 bits per heavy atom. The average molecular weight is 398 g/mol. The first-order valence-electron chi connectivity index (χ1n) is 7.83. The number of anilines is 1. The van der Waals surface area contributed by atoms with Gasteiger partial charge >= 0.3 is 0 Å². The van der Waals surface area contributed by atoms with E-state index in [9.17, 15) is 18.5 Å². The number of sulfonamides is 1. The van der Waals surface area contributed by atoms with Gasteiger partial charge in [-0.1, -0.05) is 43.6 Å². The van der Waals surface area contributed by atoms with Crippen LogP contribution in [0.25, 0.3) is 0 Å². The predicted molar refractivity (Wildman–Crippen MR) is 102 cm³/mol. The average Bonchev–Trinajstić information content (AvgIpc) is 2.60. The lowest BCUT2D eigenvalue weighted by atomic mass is 9.94. The van der Waals surface area contributed by atoms with Gasteiger partial charge in [0, 0.05) is 25.2 Å². The highest BCUT2D eigenvalue weighted by molar-refractivity contribution is 7.89. The molecule has 0 heterocycles. The highest BCUT2D eigenvalue weighted by Gasteiger charge is 2.23. The molecule has 2 rings (SSSR count). The first-order chi connectivity index (χ1) is 12.1. The minimum absolute atomic E-state index is 0.0876. The second kappa shape index (κ2) is 8.03. The smallest absolute Gasteiger partial charge is 0.271 e. The number of nitrogens with zero attached hydrogens (tertiary/aromatic N) is 1. The Hall–Kier alpha value is -2.16. The van der Waals surface area contributed by atoms with Crippen molar-refractivity contribution in [2.24, 2.45) is 5.41 Å². The molecule has 0 radical (unpaired) electrons. The quantitative estimate of drug-likeness (QED) is 0.522. The summed E-state index contributed by atoms with van der Waals surface area (Å²) in [6, 6.07) is 12.3. The molecule has 26 heavy (non-hydrogen) atoms. The molecule has 9 heteroatoms. The topological polar surface area (TPSA) is 101 Å². The van der Waals surface area contributed by atoms with Crippen molar-refractivity contribution in [2.45, 2.75) is 18.7 Å². The molecule has 7 nitrogen and oxygen atoms in total. The molecule has 2 aromatic rings. The fourth-order valence-corrected chi connectivity index (χ4v) is 3.64. The number of nitro benzene ring substituents is 1. The minimum Gasteiger partial charge on any atom is -0.383 e. The van der Waals surface area contributed by atoms with Gasteiger partial charge in [-0.15, -0.1) is 0 Å². The second-order valence-electron chi connectivity index (χ2n) is 6.58. The molecule has 0 saturated carbocycles. The summed E-state index contributed by atoms with van der Waals surface area (Å²) in [6.45, 7) is 4.42. The number of halogens is 1. The molecule has 0 unspecified atom stereocenters. The Labute approximate surface area is 157 Å². The monoisotopic (exact) mass is 397 g/mol. The number of non-ortho nitro benzene ring substituents is 1. The number of benzene rings is 2. The van der Waals surface area contributed by atoms with Crippen molar-refractivity contribution in [3.8, 4) is 0 Å². The van der Waals surface area contributed by atoms with E-state index in [1.54, 1.807) is 18.2 Å². The summed E-state index contributed by atoms with van der Waals surface area (Å²) in [5.74, 6) is 0. The zero-order chi connectivity index (χ0) is 19.4. The van der Waals surface area contributed by atoms with Crippen molar-refractivity contribution >= 4 is 33.0 Å². The molecule has 0 atom stereocenters.